The first-order valence-electron chi connectivity index (χ1n) is 5.71. The number of nitrogens with zero attached hydrogens (tertiary/aromatic N) is 1. The van der Waals surface area contributed by atoms with Gasteiger partial charge in [0.2, 0.25) is 0 Å². The molecule has 0 amide bonds. The lowest BCUT2D eigenvalue weighted by molar-refractivity contribution is 0.574. The van der Waals surface area contributed by atoms with E-state index in [4.69, 9.17) is 27.6 Å². The van der Waals surface area contributed by atoms with E-state index in [-0.39, 0.29) is 5.35 Å². The number of halogens is 2. The van der Waals surface area contributed by atoms with Gasteiger partial charge in [-0.2, -0.15) is 0 Å². The Balaban J connectivity index is 2.14. The molecule has 0 bridgehead atoms. The molecular weight excluding hydrogens is 281 g/mol. The lowest BCUT2D eigenvalue weighted by Crippen LogP contribution is -1.83. The van der Waals surface area contributed by atoms with Crippen molar-refractivity contribution in [1.29, 1.82) is 0 Å². The Morgan fingerprint density at radius 3 is 2.16 bits per heavy atom. The second-order valence-electron chi connectivity index (χ2n) is 4.03. The summed E-state index contributed by atoms with van der Waals surface area (Å²) >= 11 is 11.6. The van der Waals surface area contributed by atoms with Crippen molar-refractivity contribution in [2.75, 3.05) is 0 Å². The molecule has 0 fully saturated rings. The van der Waals surface area contributed by atoms with Gasteiger partial charge in [-0.3, -0.25) is 0 Å². The topological polar surface area (TPSA) is 26.0 Å². The zero-order valence-corrected chi connectivity index (χ0v) is 11.3. The first kappa shape index (κ1) is 12.3. The fourth-order valence-corrected chi connectivity index (χ4v) is 2.21. The average Bonchev–Trinajstić information content (AvgIpc) is 2.86. The third kappa shape index (κ3) is 2.50. The second kappa shape index (κ2) is 5.08. The van der Waals surface area contributed by atoms with Crippen LogP contribution in [0.2, 0.25) is 10.4 Å². The molecule has 4 heteroatoms. The molecule has 0 atom stereocenters. The molecule has 0 saturated carbocycles. The lowest BCUT2D eigenvalue weighted by atomic mass is 9.99. The maximum Gasteiger partial charge on any atom is 0.292 e. The fraction of sp³-hybridized carbons (Fsp3) is 0. The monoisotopic (exact) mass is 289 g/mol. The maximum atomic E-state index is 5.91. The number of benzene rings is 2. The van der Waals surface area contributed by atoms with E-state index in [1.165, 1.54) is 0 Å². The molecule has 3 rings (SSSR count). The van der Waals surface area contributed by atoms with E-state index in [0.29, 0.717) is 10.8 Å². The zero-order valence-electron chi connectivity index (χ0n) is 9.81. The number of hydrogen-bond acceptors (Lipinski definition) is 2. The standard InChI is InChI=1S/C15H9Cl2NO/c16-11-7-5-10(6-8-11)12-3-1-2-4-13(12)14-9-18-15(17)19-14/h1-9H. The normalized spacial score (nSPS) is 10.6. The predicted octanol–water partition coefficient (Wildman–Crippen LogP) is 5.32. The van der Waals surface area contributed by atoms with Crippen LogP contribution >= 0.6 is 23.2 Å². The molecule has 0 aliphatic carbocycles. The van der Waals surface area contributed by atoms with Crippen LogP contribution in [0.3, 0.4) is 0 Å². The molecule has 0 unspecified atom stereocenters. The molecule has 1 aromatic heterocycles. The third-order valence-electron chi connectivity index (χ3n) is 2.83. The Labute approximate surface area is 120 Å². The maximum absolute atomic E-state index is 5.91. The highest BCUT2D eigenvalue weighted by molar-refractivity contribution is 6.30. The van der Waals surface area contributed by atoms with E-state index in [0.717, 1.165) is 16.7 Å². The summed E-state index contributed by atoms with van der Waals surface area (Å²) in [6.07, 6.45) is 1.62. The van der Waals surface area contributed by atoms with Crippen LogP contribution < -0.4 is 0 Å². The number of hydrogen-bond donors (Lipinski definition) is 0. The molecule has 2 nitrogen and oxygen atoms in total. The quantitative estimate of drug-likeness (QED) is 0.638. The SMILES string of the molecule is Clc1ccc(-c2ccccc2-c2cnc(Cl)o2)cc1. The van der Waals surface area contributed by atoms with Gasteiger partial charge in [0.15, 0.2) is 5.76 Å². The number of rotatable bonds is 2. The van der Waals surface area contributed by atoms with Gasteiger partial charge in [0.1, 0.15) is 0 Å². The van der Waals surface area contributed by atoms with E-state index < -0.39 is 0 Å². The Morgan fingerprint density at radius 2 is 1.53 bits per heavy atom. The summed E-state index contributed by atoms with van der Waals surface area (Å²) in [5.74, 6) is 0.649. The molecule has 3 aromatic rings. The summed E-state index contributed by atoms with van der Waals surface area (Å²) in [5, 5.41) is 0.852. The van der Waals surface area contributed by atoms with E-state index in [1.807, 2.05) is 48.5 Å². The van der Waals surface area contributed by atoms with Crippen molar-refractivity contribution in [2.24, 2.45) is 0 Å². The minimum absolute atomic E-state index is 0.140. The molecular formula is C15H9Cl2NO. The van der Waals surface area contributed by atoms with Crippen LogP contribution in [0.25, 0.3) is 22.5 Å². The fourth-order valence-electron chi connectivity index (χ4n) is 1.96. The average molecular weight is 290 g/mol. The summed E-state index contributed by atoms with van der Waals surface area (Å²) in [6.45, 7) is 0. The van der Waals surface area contributed by atoms with Gasteiger partial charge in [0.25, 0.3) is 5.35 Å². The van der Waals surface area contributed by atoms with Gasteiger partial charge in [0, 0.05) is 10.6 Å². The third-order valence-corrected chi connectivity index (χ3v) is 3.25. The van der Waals surface area contributed by atoms with E-state index >= 15 is 0 Å². The smallest absolute Gasteiger partial charge is 0.292 e. The van der Waals surface area contributed by atoms with Gasteiger partial charge in [-0.25, -0.2) is 4.98 Å². The molecule has 19 heavy (non-hydrogen) atoms. The van der Waals surface area contributed by atoms with Crippen molar-refractivity contribution in [3.63, 3.8) is 0 Å². The van der Waals surface area contributed by atoms with Crippen LogP contribution in [-0.2, 0) is 0 Å². The van der Waals surface area contributed by atoms with Gasteiger partial charge in [-0.15, -0.1) is 0 Å². The van der Waals surface area contributed by atoms with E-state index in [1.54, 1.807) is 6.20 Å². The molecule has 0 aliphatic heterocycles. The van der Waals surface area contributed by atoms with Crippen molar-refractivity contribution in [3.8, 4) is 22.5 Å². The highest BCUT2D eigenvalue weighted by atomic mass is 35.5. The summed E-state index contributed by atoms with van der Waals surface area (Å²) in [7, 11) is 0. The Hall–Kier alpha value is -1.77. The van der Waals surface area contributed by atoms with Crippen LogP contribution in [-0.4, -0.2) is 4.98 Å². The van der Waals surface area contributed by atoms with Crippen LogP contribution in [0.4, 0.5) is 0 Å². The molecule has 94 valence electrons. The van der Waals surface area contributed by atoms with Gasteiger partial charge in [-0.05, 0) is 34.9 Å². The summed E-state index contributed by atoms with van der Waals surface area (Å²) < 4.78 is 5.38. The van der Waals surface area contributed by atoms with E-state index in [9.17, 15) is 0 Å². The molecule has 2 aromatic carbocycles. The van der Waals surface area contributed by atoms with Gasteiger partial charge in [-0.1, -0.05) is 48.0 Å². The lowest BCUT2D eigenvalue weighted by Gasteiger charge is -2.07. The molecule has 0 N–H and O–H groups in total. The summed E-state index contributed by atoms with van der Waals surface area (Å²) in [4.78, 5) is 3.92. The van der Waals surface area contributed by atoms with Crippen LogP contribution in [0.5, 0.6) is 0 Å². The van der Waals surface area contributed by atoms with Crippen molar-refractivity contribution in [3.05, 3.63) is 65.1 Å². The van der Waals surface area contributed by atoms with Crippen LogP contribution in [0.15, 0.2) is 59.1 Å². The number of aromatic nitrogens is 1. The summed E-state index contributed by atoms with van der Waals surface area (Å²) in [6, 6.07) is 15.6. The Kier molecular flexibility index (Phi) is 3.28. The highest BCUT2D eigenvalue weighted by Crippen LogP contribution is 2.33. The van der Waals surface area contributed by atoms with E-state index in [2.05, 4.69) is 4.98 Å². The molecule has 0 aliphatic rings. The van der Waals surface area contributed by atoms with Crippen molar-refractivity contribution < 1.29 is 4.42 Å². The van der Waals surface area contributed by atoms with Crippen LogP contribution in [0.1, 0.15) is 0 Å². The minimum atomic E-state index is 0.140. The predicted molar refractivity (Wildman–Crippen MR) is 77.4 cm³/mol. The Bertz CT molecular complexity index is 704. The van der Waals surface area contributed by atoms with Crippen molar-refractivity contribution in [1.82, 2.24) is 4.98 Å². The van der Waals surface area contributed by atoms with Gasteiger partial charge >= 0.3 is 0 Å². The molecule has 0 saturated heterocycles. The first-order valence-corrected chi connectivity index (χ1v) is 6.46. The molecule has 0 radical (unpaired) electrons. The first-order chi connectivity index (χ1) is 9.24. The second-order valence-corrected chi connectivity index (χ2v) is 4.79. The molecule has 0 spiro atoms. The van der Waals surface area contributed by atoms with Gasteiger partial charge < -0.3 is 4.42 Å². The zero-order chi connectivity index (χ0) is 13.2. The van der Waals surface area contributed by atoms with Gasteiger partial charge in [0.05, 0.1) is 6.20 Å². The number of oxazole rings is 1. The van der Waals surface area contributed by atoms with Crippen LogP contribution in [0, 0.1) is 0 Å². The highest BCUT2D eigenvalue weighted by Gasteiger charge is 2.10. The largest absolute Gasteiger partial charge is 0.428 e. The van der Waals surface area contributed by atoms with Crippen molar-refractivity contribution in [2.45, 2.75) is 0 Å². The van der Waals surface area contributed by atoms with Crippen molar-refractivity contribution >= 4 is 23.2 Å². The summed E-state index contributed by atoms with van der Waals surface area (Å²) in [5.41, 5.74) is 3.06. The Morgan fingerprint density at radius 1 is 0.842 bits per heavy atom. The molecule has 1 heterocycles. The minimum Gasteiger partial charge on any atom is -0.428 e.